The molecule has 0 fully saturated rings. The molecule has 0 saturated heterocycles. The van der Waals surface area contributed by atoms with E-state index in [1.54, 1.807) is 24.3 Å². The lowest BCUT2D eigenvalue weighted by Gasteiger charge is -2.14. The highest BCUT2D eigenvalue weighted by molar-refractivity contribution is 5.88. The van der Waals surface area contributed by atoms with Crippen LogP contribution in [-0.4, -0.2) is 151 Å². The van der Waals surface area contributed by atoms with Gasteiger partial charge < -0.3 is 62.7 Å². The van der Waals surface area contributed by atoms with E-state index in [9.17, 15) is 9.59 Å². The second-order valence-electron chi connectivity index (χ2n) is 13.2. The van der Waals surface area contributed by atoms with Gasteiger partial charge in [0.05, 0.1) is 112 Å². The lowest BCUT2D eigenvalue weighted by molar-refractivity contribution is -0.114. The van der Waals surface area contributed by atoms with Gasteiger partial charge in [-0.15, -0.1) is 0 Å². The van der Waals surface area contributed by atoms with Crippen LogP contribution in [0.15, 0.2) is 72.8 Å². The van der Waals surface area contributed by atoms with Crippen molar-refractivity contribution in [3.63, 3.8) is 0 Å². The summed E-state index contributed by atoms with van der Waals surface area (Å²) in [5.74, 6) is 0.647. The summed E-state index contributed by atoms with van der Waals surface area (Å²) in [4.78, 5) is 23.3. The average molecular weight is 827 g/mol. The van der Waals surface area contributed by atoms with E-state index in [1.807, 2.05) is 24.3 Å². The first-order chi connectivity index (χ1) is 29.1. The van der Waals surface area contributed by atoms with Gasteiger partial charge in [0.25, 0.3) is 0 Å². The fraction of sp³-hybridized carbons (Fsp3) is 0.545. The van der Waals surface area contributed by atoms with Crippen molar-refractivity contribution in [2.24, 2.45) is 0 Å². The van der Waals surface area contributed by atoms with Crippen LogP contribution in [0.1, 0.15) is 30.4 Å². The number of alkyl carbamates (subject to hydrolysis) is 1. The van der Waals surface area contributed by atoms with Gasteiger partial charge in [0, 0.05) is 31.7 Å². The van der Waals surface area contributed by atoms with Crippen LogP contribution in [0, 0.1) is 0 Å². The molecule has 0 unspecified atom stereocenters. The maximum absolute atomic E-state index is 12.3. The zero-order valence-corrected chi connectivity index (χ0v) is 34.4. The van der Waals surface area contributed by atoms with Crippen LogP contribution in [-0.2, 0) is 52.2 Å². The highest BCUT2D eigenvalue weighted by Gasteiger charge is 2.29. The van der Waals surface area contributed by atoms with Gasteiger partial charge in [-0.1, -0.05) is 48.5 Å². The predicted molar refractivity (Wildman–Crippen MR) is 221 cm³/mol. The summed E-state index contributed by atoms with van der Waals surface area (Å²) in [6, 6.07) is 23.7. The van der Waals surface area contributed by atoms with Gasteiger partial charge in [0.1, 0.15) is 19.0 Å². The molecule has 0 aromatic heterocycles. The second kappa shape index (κ2) is 30.8. The molecule has 1 aliphatic carbocycles. The molecule has 0 bridgehead atoms. The fourth-order valence-electron chi connectivity index (χ4n) is 5.93. The minimum atomic E-state index is -0.418. The Hall–Kier alpha value is -4.16. The SMILES string of the molecule is CC(=O)Nc1ccc(OCCOCCOCCOCCOCCOCCOCCOCCOCCOCCCNC(=O)OCC2c3ccccc3-c3ccccc32)cc1. The van der Waals surface area contributed by atoms with Gasteiger partial charge in [0.15, 0.2) is 0 Å². The van der Waals surface area contributed by atoms with Gasteiger partial charge >= 0.3 is 6.09 Å². The molecule has 0 saturated carbocycles. The third kappa shape index (κ3) is 20.6. The molecule has 2 N–H and O–H groups in total. The van der Waals surface area contributed by atoms with Crippen molar-refractivity contribution in [3.8, 4) is 16.9 Å². The van der Waals surface area contributed by atoms with E-state index >= 15 is 0 Å². The van der Waals surface area contributed by atoms with E-state index < -0.39 is 6.09 Å². The van der Waals surface area contributed by atoms with E-state index in [0.29, 0.717) is 151 Å². The first-order valence-corrected chi connectivity index (χ1v) is 20.4. The standard InChI is InChI=1S/C44H62N2O13/c1-36(47)46-37-11-13-38(14-12-37)58-34-33-57-32-31-56-30-29-55-28-27-54-26-25-53-24-23-52-22-21-51-20-19-50-18-17-49-16-6-15-45-44(48)59-35-43-41-9-4-2-7-39(41)40-8-3-5-10-42(40)43/h2-5,7-14,43H,6,15-35H2,1H3,(H,45,48)(H,46,47). The molecule has 2 amide bonds. The van der Waals surface area contributed by atoms with Gasteiger partial charge in [-0.25, -0.2) is 4.79 Å². The number of hydrogen-bond acceptors (Lipinski definition) is 13. The number of carbonyl (C=O) groups excluding carboxylic acids is 2. The molecule has 59 heavy (non-hydrogen) atoms. The number of fused-ring (bicyclic) bond motifs is 3. The van der Waals surface area contributed by atoms with Crippen molar-refractivity contribution < 1.29 is 61.7 Å². The first kappa shape index (κ1) is 47.5. The molecule has 3 aromatic carbocycles. The third-order valence-electron chi connectivity index (χ3n) is 8.73. The number of benzene rings is 3. The Balaban J connectivity index is 0.784. The lowest BCUT2D eigenvalue weighted by atomic mass is 9.98. The minimum absolute atomic E-state index is 0.0457. The van der Waals surface area contributed by atoms with Gasteiger partial charge in [-0.2, -0.15) is 0 Å². The summed E-state index contributed by atoms with van der Waals surface area (Å²) < 4.78 is 60.8. The molecule has 0 radical (unpaired) electrons. The molecule has 15 nitrogen and oxygen atoms in total. The highest BCUT2D eigenvalue weighted by atomic mass is 16.6. The van der Waals surface area contributed by atoms with Crippen LogP contribution in [0.25, 0.3) is 11.1 Å². The number of ether oxygens (including phenoxy) is 11. The molecule has 4 rings (SSSR count). The van der Waals surface area contributed by atoms with Crippen LogP contribution in [0.5, 0.6) is 5.75 Å². The zero-order valence-electron chi connectivity index (χ0n) is 34.4. The molecule has 1 aliphatic rings. The summed E-state index contributed by atoms with van der Waals surface area (Å²) >= 11 is 0. The van der Waals surface area contributed by atoms with Crippen molar-refractivity contribution in [3.05, 3.63) is 83.9 Å². The van der Waals surface area contributed by atoms with Crippen LogP contribution in [0.3, 0.4) is 0 Å². The molecule has 15 heteroatoms. The lowest BCUT2D eigenvalue weighted by Crippen LogP contribution is -2.27. The maximum atomic E-state index is 12.3. The number of nitrogens with one attached hydrogen (secondary N) is 2. The third-order valence-corrected chi connectivity index (χ3v) is 8.73. The van der Waals surface area contributed by atoms with E-state index in [-0.39, 0.29) is 11.8 Å². The van der Waals surface area contributed by atoms with Crippen molar-refractivity contribution in [2.75, 3.05) is 144 Å². The second-order valence-corrected chi connectivity index (χ2v) is 13.2. The van der Waals surface area contributed by atoms with Crippen molar-refractivity contribution in [1.82, 2.24) is 5.32 Å². The Bertz CT molecular complexity index is 1520. The van der Waals surface area contributed by atoms with Crippen LogP contribution < -0.4 is 15.4 Å². The molecular weight excluding hydrogens is 764 g/mol. The van der Waals surface area contributed by atoms with Gasteiger partial charge in [0.2, 0.25) is 5.91 Å². The topological polar surface area (TPSA) is 160 Å². The first-order valence-electron chi connectivity index (χ1n) is 20.4. The molecule has 0 spiro atoms. The summed E-state index contributed by atoms with van der Waals surface area (Å²) in [6.07, 6.45) is 0.262. The molecular formula is C44H62N2O13. The Kier molecular flexibility index (Phi) is 24.8. The average Bonchev–Trinajstić information content (AvgIpc) is 3.57. The Morgan fingerprint density at radius 3 is 1.31 bits per heavy atom. The maximum Gasteiger partial charge on any atom is 0.407 e. The number of anilines is 1. The van der Waals surface area contributed by atoms with Gasteiger partial charge in [-0.05, 0) is 52.9 Å². The number of amides is 2. The molecule has 3 aromatic rings. The number of hydrogen-bond donors (Lipinski definition) is 2. The van der Waals surface area contributed by atoms with Crippen molar-refractivity contribution >= 4 is 17.7 Å². The Morgan fingerprint density at radius 2 is 0.881 bits per heavy atom. The summed E-state index contributed by atoms with van der Waals surface area (Å²) in [5, 5.41) is 5.52. The predicted octanol–water partition coefficient (Wildman–Crippen LogP) is 5.10. The Labute approximate surface area is 348 Å². The smallest absolute Gasteiger partial charge is 0.407 e. The monoisotopic (exact) mass is 826 g/mol. The van der Waals surface area contributed by atoms with Crippen LogP contribution in [0.4, 0.5) is 10.5 Å². The molecule has 0 aliphatic heterocycles. The van der Waals surface area contributed by atoms with Crippen LogP contribution in [0.2, 0.25) is 0 Å². The fourth-order valence-corrected chi connectivity index (χ4v) is 5.93. The van der Waals surface area contributed by atoms with Gasteiger partial charge in [-0.3, -0.25) is 4.79 Å². The molecule has 0 heterocycles. The number of carbonyl (C=O) groups is 2. The van der Waals surface area contributed by atoms with E-state index in [1.165, 1.54) is 29.2 Å². The quantitative estimate of drug-likeness (QED) is 0.0756. The van der Waals surface area contributed by atoms with Crippen molar-refractivity contribution in [2.45, 2.75) is 19.3 Å². The zero-order chi connectivity index (χ0) is 41.4. The Morgan fingerprint density at radius 1 is 0.492 bits per heavy atom. The summed E-state index contributed by atoms with van der Waals surface area (Å²) in [5.41, 5.74) is 5.52. The largest absolute Gasteiger partial charge is 0.491 e. The van der Waals surface area contributed by atoms with E-state index in [0.717, 1.165) is 5.69 Å². The molecule has 326 valence electrons. The van der Waals surface area contributed by atoms with Crippen LogP contribution >= 0.6 is 0 Å². The summed E-state index contributed by atoms with van der Waals surface area (Å²) in [6.45, 7) is 11.3. The van der Waals surface area contributed by atoms with E-state index in [4.69, 9.17) is 52.1 Å². The number of rotatable bonds is 35. The minimum Gasteiger partial charge on any atom is -0.491 e. The van der Waals surface area contributed by atoms with E-state index in [2.05, 4.69) is 34.9 Å². The highest BCUT2D eigenvalue weighted by Crippen LogP contribution is 2.44. The summed E-state index contributed by atoms with van der Waals surface area (Å²) in [7, 11) is 0. The normalized spacial score (nSPS) is 11.9. The van der Waals surface area contributed by atoms with Crippen molar-refractivity contribution in [1.29, 1.82) is 0 Å². The molecule has 0 atom stereocenters.